The van der Waals surface area contributed by atoms with Crippen molar-refractivity contribution in [3.05, 3.63) is 93.9 Å². The zero-order valence-corrected chi connectivity index (χ0v) is 23.9. The summed E-state index contributed by atoms with van der Waals surface area (Å²) < 4.78 is 29.3. The highest BCUT2D eigenvalue weighted by Crippen LogP contribution is 2.30. The van der Waals surface area contributed by atoms with Crippen molar-refractivity contribution in [3.8, 4) is 0 Å². The van der Waals surface area contributed by atoms with Crippen molar-refractivity contribution in [2.75, 3.05) is 10.8 Å². The van der Waals surface area contributed by atoms with Crippen LogP contribution in [0.2, 0.25) is 5.02 Å². The number of nitrogens with zero attached hydrogens (tertiary/aromatic N) is 2. The highest BCUT2D eigenvalue weighted by Gasteiger charge is 2.33. The van der Waals surface area contributed by atoms with Crippen LogP contribution in [0.25, 0.3) is 0 Å². The molecule has 0 aliphatic heterocycles. The Balaban J connectivity index is 2.02. The van der Waals surface area contributed by atoms with Gasteiger partial charge in [0.2, 0.25) is 11.8 Å². The van der Waals surface area contributed by atoms with E-state index in [0.717, 1.165) is 14.3 Å². The number of hydrogen-bond acceptors (Lipinski definition) is 4. The number of para-hydroxylation sites is 1. The van der Waals surface area contributed by atoms with Gasteiger partial charge >= 0.3 is 0 Å². The average Bonchev–Trinajstić information content (AvgIpc) is 2.87. The Morgan fingerprint density at radius 2 is 1.51 bits per heavy atom. The standard InChI is InChI=1S/C27H29BrClN3O4S/c1-19(2)30-27(34)20(3)31(17-21-13-15-22(28)16-14-21)26(33)18-32(25-12-8-7-11-24(25)29)37(35,36)23-9-5-4-6-10-23/h4-16,19-20H,17-18H2,1-3H3,(H,30,34)/t20-/m1/s1. The number of hydrogen-bond donors (Lipinski definition) is 1. The SMILES string of the molecule is CC(C)NC(=O)[C@@H](C)N(Cc1ccc(Br)cc1)C(=O)CN(c1ccccc1Cl)S(=O)(=O)c1ccccc1. The minimum absolute atomic E-state index is 0.0211. The smallest absolute Gasteiger partial charge is 0.264 e. The van der Waals surface area contributed by atoms with Gasteiger partial charge in [0.05, 0.1) is 15.6 Å². The maximum atomic E-state index is 13.8. The normalized spacial score (nSPS) is 12.2. The van der Waals surface area contributed by atoms with Crippen LogP contribution in [-0.2, 0) is 26.2 Å². The lowest BCUT2D eigenvalue weighted by molar-refractivity contribution is -0.139. The van der Waals surface area contributed by atoms with Crippen LogP contribution in [0, 0.1) is 0 Å². The van der Waals surface area contributed by atoms with E-state index in [0.29, 0.717) is 0 Å². The number of nitrogens with one attached hydrogen (secondary N) is 1. The molecule has 0 aliphatic carbocycles. The van der Waals surface area contributed by atoms with Gasteiger partial charge in [-0.3, -0.25) is 13.9 Å². The molecular formula is C27H29BrClN3O4S. The molecule has 0 heterocycles. The first-order valence-corrected chi connectivity index (χ1v) is 14.3. The topological polar surface area (TPSA) is 86.8 Å². The summed E-state index contributed by atoms with van der Waals surface area (Å²) in [5.74, 6) is -0.885. The molecule has 0 spiro atoms. The van der Waals surface area contributed by atoms with Crippen LogP contribution >= 0.6 is 27.5 Å². The molecule has 0 unspecified atom stereocenters. The monoisotopic (exact) mass is 605 g/mol. The van der Waals surface area contributed by atoms with E-state index >= 15 is 0 Å². The van der Waals surface area contributed by atoms with Crippen molar-refractivity contribution in [1.82, 2.24) is 10.2 Å². The molecule has 10 heteroatoms. The molecule has 2 amide bonds. The van der Waals surface area contributed by atoms with Crippen molar-refractivity contribution in [2.45, 2.75) is 44.3 Å². The molecule has 0 radical (unpaired) electrons. The van der Waals surface area contributed by atoms with Crippen molar-refractivity contribution in [2.24, 2.45) is 0 Å². The first-order chi connectivity index (χ1) is 17.5. The van der Waals surface area contributed by atoms with E-state index in [-0.39, 0.29) is 34.1 Å². The molecule has 1 N–H and O–H groups in total. The second kappa shape index (κ2) is 12.6. The number of anilines is 1. The Morgan fingerprint density at radius 3 is 2.11 bits per heavy atom. The second-order valence-corrected chi connectivity index (χ2v) is 11.9. The van der Waals surface area contributed by atoms with E-state index < -0.39 is 28.5 Å². The Hall–Kier alpha value is -2.88. The molecule has 0 bridgehead atoms. The summed E-state index contributed by atoms with van der Waals surface area (Å²) in [7, 11) is -4.15. The summed E-state index contributed by atoms with van der Waals surface area (Å²) in [5.41, 5.74) is 0.959. The molecule has 196 valence electrons. The maximum absolute atomic E-state index is 13.8. The molecule has 3 aromatic carbocycles. The number of amides is 2. The van der Waals surface area contributed by atoms with Crippen LogP contribution in [0.1, 0.15) is 26.3 Å². The van der Waals surface area contributed by atoms with Gasteiger partial charge in [0.15, 0.2) is 0 Å². The zero-order chi connectivity index (χ0) is 27.2. The van der Waals surface area contributed by atoms with Gasteiger partial charge in [0.1, 0.15) is 12.6 Å². The van der Waals surface area contributed by atoms with Crippen molar-refractivity contribution in [3.63, 3.8) is 0 Å². The predicted octanol–water partition coefficient (Wildman–Crippen LogP) is 5.24. The largest absolute Gasteiger partial charge is 0.352 e. The minimum Gasteiger partial charge on any atom is -0.352 e. The Bertz CT molecular complexity index is 1340. The van der Waals surface area contributed by atoms with Crippen molar-refractivity contribution < 1.29 is 18.0 Å². The van der Waals surface area contributed by atoms with Gasteiger partial charge in [-0.2, -0.15) is 0 Å². The van der Waals surface area contributed by atoms with Crippen LogP contribution in [0.3, 0.4) is 0 Å². The molecule has 0 aliphatic rings. The number of carbonyl (C=O) groups is 2. The van der Waals surface area contributed by atoms with Gasteiger partial charge in [-0.25, -0.2) is 8.42 Å². The number of benzene rings is 3. The summed E-state index contributed by atoms with van der Waals surface area (Å²) in [6, 6.07) is 20.7. The molecule has 0 saturated carbocycles. The van der Waals surface area contributed by atoms with Crippen LogP contribution < -0.4 is 9.62 Å². The fourth-order valence-corrected chi connectivity index (χ4v) is 5.67. The van der Waals surface area contributed by atoms with Gasteiger partial charge in [-0.1, -0.05) is 70.0 Å². The predicted molar refractivity (Wildman–Crippen MR) is 150 cm³/mol. The second-order valence-electron chi connectivity index (χ2n) is 8.76. The average molecular weight is 607 g/mol. The van der Waals surface area contributed by atoms with E-state index in [4.69, 9.17) is 11.6 Å². The van der Waals surface area contributed by atoms with E-state index in [1.807, 2.05) is 38.1 Å². The van der Waals surface area contributed by atoms with Crippen LogP contribution in [0.5, 0.6) is 0 Å². The summed E-state index contributed by atoms with van der Waals surface area (Å²) >= 11 is 9.79. The molecule has 37 heavy (non-hydrogen) atoms. The number of halogens is 2. The summed E-state index contributed by atoms with van der Waals surface area (Å²) in [6.07, 6.45) is 0. The number of rotatable bonds is 10. The molecule has 3 rings (SSSR count). The Morgan fingerprint density at radius 1 is 0.919 bits per heavy atom. The molecule has 0 aromatic heterocycles. The van der Waals surface area contributed by atoms with Gasteiger partial charge in [0.25, 0.3) is 10.0 Å². The lowest BCUT2D eigenvalue weighted by atomic mass is 10.1. The summed E-state index contributed by atoms with van der Waals surface area (Å²) in [4.78, 5) is 28.1. The van der Waals surface area contributed by atoms with Crippen molar-refractivity contribution >= 4 is 55.1 Å². The van der Waals surface area contributed by atoms with E-state index in [1.54, 1.807) is 49.4 Å². The highest BCUT2D eigenvalue weighted by molar-refractivity contribution is 9.10. The van der Waals surface area contributed by atoms with Gasteiger partial charge in [-0.15, -0.1) is 0 Å². The first-order valence-electron chi connectivity index (χ1n) is 11.7. The Labute approximate surface area is 231 Å². The van der Waals surface area contributed by atoms with E-state index in [1.165, 1.54) is 17.0 Å². The third kappa shape index (κ3) is 7.34. The fourth-order valence-electron chi connectivity index (χ4n) is 3.66. The lowest BCUT2D eigenvalue weighted by Gasteiger charge is -2.32. The van der Waals surface area contributed by atoms with Gasteiger partial charge < -0.3 is 10.2 Å². The molecule has 1 atom stereocenters. The van der Waals surface area contributed by atoms with Crippen LogP contribution in [0.15, 0.2) is 88.2 Å². The molecule has 0 fully saturated rings. The summed E-state index contributed by atoms with van der Waals surface area (Å²) in [6.45, 7) is 4.85. The zero-order valence-electron chi connectivity index (χ0n) is 20.8. The molecular weight excluding hydrogens is 578 g/mol. The number of sulfonamides is 1. The number of carbonyl (C=O) groups excluding carboxylic acids is 2. The highest BCUT2D eigenvalue weighted by atomic mass is 79.9. The summed E-state index contributed by atoms with van der Waals surface area (Å²) in [5, 5.41) is 3.01. The van der Waals surface area contributed by atoms with Gasteiger partial charge in [0, 0.05) is 17.1 Å². The van der Waals surface area contributed by atoms with E-state index in [2.05, 4.69) is 21.2 Å². The van der Waals surface area contributed by atoms with Gasteiger partial charge in [-0.05, 0) is 62.7 Å². The van der Waals surface area contributed by atoms with Crippen molar-refractivity contribution in [1.29, 1.82) is 0 Å². The minimum atomic E-state index is -4.15. The molecule has 3 aromatic rings. The third-order valence-corrected chi connectivity index (χ3v) is 8.22. The van der Waals surface area contributed by atoms with E-state index in [9.17, 15) is 18.0 Å². The third-order valence-electron chi connectivity index (χ3n) is 5.60. The van der Waals surface area contributed by atoms with Crippen LogP contribution in [-0.4, -0.2) is 43.8 Å². The first kappa shape index (κ1) is 28.7. The Kier molecular flexibility index (Phi) is 9.75. The quantitative estimate of drug-likeness (QED) is 0.342. The fraction of sp³-hybridized carbons (Fsp3) is 0.259. The van der Waals surface area contributed by atoms with Crippen LogP contribution in [0.4, 0.5) is 5.69 Å². The molecule has 0 saturated heterocycles. The lowest BCUT2D eigenvalue weighted by Crippen LogP contribution is -2.52. The maximum Gasteiger partial charge on any atom is 0.264 e. The molecule has 7 nitrogen and oxygen atoms in total.